The van der Waals surface area contributed by atoms with E-state index in [2.05, 4.69) is 11.4 Å². The summed E-state index contributed by atoms with van der Waals surface area (Å²) in [6.07, 6.45) is 0.903. The van der Waals surface area contributed by atoms with Crippen molar-refractivity contribution in [2.75, 3.05) is 11.9 Å². The molecule has 0 fully saturated rings. The Morgan fingerprint density at radius 3 is 2.88 bits per heavy atom. The van der Waals surface area contributed by atoms with Gasteiger partial charge in [0.05, 0.1) is 5.69 Å². The summed E-state index contributed by atoms with van der Waals surface area (Å²) >= 11 is 7.38. The Balaban J connectivity index is 1.90. The van der Waals surface area contributed by atoms with Gasteiger partial charge in [0.1, 0.15) is 5.82 Å². The van der Waals surface area contributed by atoms with Crippen molar-refractivity contribution in [1.82, 2.24) is 0 Å². The fourth-order valence-electron chi connectivity index (χ4n) is 1.41. The fraction of sp³-hybridized carbons (Fsp3) is 0.167. The van der Waals surface area contributed by atoms with Crippen LogP contribution in [0, 0.1) is 5.82 Å². The topological polar surface area (TPSA) is 12.0 Å². The van der Waals surface area contributed by atoms with Crippen molar-refractivity contribution < 1.29 is 4.39 Å². The first-order chi connectivity index (χ1) is 7.75. The van der Waals surface area contributed by atoms with Gasteiger partial charge >= 0.3 is 0 Å². The van der Waals surface area contributed by atoms with E-state index in [1.165, 1.54) is 10.9 Å². The molecular formula is C12H11ClFNS. The molecule has 16 heavy (non-hydrogen) atoms. The zero-order valence-corrected chi connectivity index (χ0v) is 10.1. The van der Waals surface area contributed by atoms with E-state index in [0.717, 1.165) is 13.0 Å². The molecule has 0 bridgehead atoms. The third kappa shape index (κ3) is 2.97. The summed E-state index contributed by atoms with van der Waals surface area (Å²) in [5.41, 5.74) is 0.501. The Labute approximate surface area is 103 Å². The van der Waals surface area contributed by atoms with Gasteiger partial charge in [0, 0.05) is 16.4 Å². The lowest BCUT2D eigenvalue weighted by Crippen LogP contribution is -2.05. The summed E-state index contributed by atoms with van der Waals surface area (Å²) in [4.78, 5) is 1.29. The van der Waals surface area contributed by atoms with Crippen LogP contribution in [0.4, 0.5) is 10.1 Å². The summed E-state index contributed by atoms with van der Waals surface area (Å²) in [5, 5.41) is 5.51. The van der Waals surface area contributed by atoms with Gasteiger partial charge in [-0.05, 0) is 36.1 Å². The van der Waals surface area contributed by atoms with Crippen LogP contribution in [-0.4, -0.2) is 6.54 Å². The van der Waals surface area contributed by atoms with Gasteiger partial charge in [-0.25, -0.2) is 4.39 Å². The highest BCUT2D eigenvalue weighted by atomic mass is 35.5. The van der Waals surface area contributed by atoms with Crippen LogP contribution in [0.25, 0.3) is 0 Å². The summed E-state index contributed by atoms with van der Waals surface area (Å²) in [7, 11) is 0. The molecule has 1 aromatic carbocycles. The van der Waals surface area contributed by atoms with Crippen molar-refractivity contribution in [1.29, 1.82) is 0 Å². The maximum absolute atomic E-state index is 13.4. The van der Waals surface area contributed by atoms with E-state index in [-0.39, 0.29) is 5.82 Å². The molecule has 0 atom stereocenters. The number of rotatable bonds is 4. The van der Waals surface area contributed by atoms with Crippen LogP contribution < -0.4 is 5.32 Å². The van der Waals surface area contributed by atoms with Gasteiger partial charge in [0.15, 0.2) is 0 Å². The third-order valence-corrected chi connectivity index (χ3v) is 3.37. The van der Waals surface area contributed by atoms with Gasteiger partial charge in [0.25, 0.3) is 0 Å². The Bertz CT molecular complexity index is 456. The molecule has 0 radical (unpaired) electrons. The Morgan fingerprint density at radius 1 is 1.31 bits per heavy atom. The Kier molecular flexibility index (Phi) is 3.80. The van der Waals surface area contributed by atoms with Gasteiger partial charge in [-0.1, -0.05) is 17.7 Å². The van der Waals surface area contributed by atoms with Crippen molar-refractivity contribution in [2.24, 2.45) is 0 Å². The smallest absolute Gasteiger partial charge is 0.147 e. The highest BCUT2D eigenvalue weighted by Crippen LogP contribution is 2.19. The first kappa shape index (κ1) is 11.4. The molecule has 0 saturated heterocycles. The van der Waals surface area contributed by atoms with E-state index in [1.54, 1.807) is 23.5 Å². The summed E-state index contributed by atoms with van der Waals surface area (Å²) in [6, 6.07) is 8.74. The molecule has 0 spiro atoms. The number of hydrogen-bond donors (Lipinski definition) is 1. The van der Waals surface area contributed by atoms with Crippen molar-refractivity contribution in [2.45, 2.75) is 6.42 Å². The second-order valence-corrected chi connectivity index (χ2v) is 4.85. The summed E-state index contributed by atoms with van der Waals surface area (Å²) < 4.78 is 13.4. The molecule has 2 rings (SSSR count). The molecule has 1 nitrogen and oxygen atoms in total. The van der Waals surface area contributed by atoms with Gasteiger partial charge < -0.3 is 5.32 Å². The van der Waals surface area contributed by atoms with Crippen molar-refractivity contribution in [3.8, 4) is 0 Å². The van der Waals surface area contributed by atoms with E-state index in [4.69, 9.17) is 11.6 Å². The van der Waals surface area contributed by atoms with Crippen molar-refractivity contribution in [3.05, 3.63) is 51.4 Å². The predicted octanol–water partition coefficient (Wildman–Crippen LogP) is 4.20. The average Bonchev–Trinajstić information content (AvgIpc) is 2.74. The SMILES string of the molecule is Fc1cc(Cl)ccc1NCCc1cccs1. The van der Waals surface area contributed by atoms with Gasteiger partial charge in [-0.15, -0.1) is 11.3 Å². The van der Waals surface area contributed by atoms with E-state index < -0.39 is 0 Å². The van der Waals surface area contributed by atoms with Crippen molar-refractivity contribution >= 4 is 28.6 Å². The molecule has 2 aromatic rings. The Morgan fingerprint density at radius 2 is 2.19 bits per heavy atom. The molecule has 0 unspecified atom stereocenters. The molecule has 1 heterocycles. The summed E-state index contributed by atoms with van der Waals surface area (Å²) in [5.74, 6) is -0.307. The van der Waals surface area contributed by atoms with Crippen LogP contribution in [0.2, 0.25) is 5.02 Å². The van der Waals surface area contributed by atoms with Gasteiger partial charge in [-0.2, -0.15) is 0 Å². The maximum Gasteiger partial charge on any atom is 0.147 e. The predicted molar refractivity (Wildman–Crippen MR) is 67.9 cm³/mol. The molecular weight excluding hydrogens is 245 g/mol. The minimum Gasteiger partial charge on any atom is -0.382 e. The zero-order valence-electron chi connectivity index (χ0n) is 8.54. The second-order valence-electron chi connectivity index (χ2n) is 3.38. The van der Waals surface area contributed by atoms with E-state index in [1.807, 2.05) is 11.4 Å². The number of anilines is 1. The minimum absolute atomic E-state index is 0.307. The van der Waals surface area contributed by atoms with Crippen LogP contribution in [0.15, 0.2) is 35.7 Å². The van der Waals surface area contributed by atoms with Crippen LogP contribution in [0.5, 0.6) is 0 Å². The number of thiophene rings is 1. The van der Waals surface area contributed by atoms with Crippen molar-refractivity contribution in [3.63, 3.8) is 0 Å². The molecule has 1 aromatic heterocycles. The number of nitrogens with one attached hydrogen (secondary N) is 1. The van der Waals surface area contributed by atoms with Crippen LogP contribution >= 0.6 is 22.9 Å². The minimum atomic E-state index is -0.307. The second kappa shape index (κ2) is 5.32. The zero-order chi connectivity index (χ0) is 11.4. The largest absolute Gasteiger partial charge is 0.382 e. The first-order valence-corrected chi connectivity index (χ1v) is 6.23. The quantitative estimate of drug-likeness (QED) is 0.864. The Hall–Kier alpha value is -1.06. The monoisotopic (exact) mass is 255 g/mol. The lowest BCUT2D eigenvalue weighted by Gasteiger charge is -2.06. The maximum atomic E-state index is 13.4. The fourth-order valence-corrected chi connectivity index (χ4v) is 2.28. The van der Waals surface area contributed by atoms with E-state index >= 15 is 0 Å². The average molecular weight is 256 g/mol. The highest BCUT2D eigenvalue weighted by molar-refractivity contribution is 7.09. The molecule has 1 N–H and O–H groups in total. The number of halogens is 2. The van der Waals surface area contributed by atoms with Crippen LogP contribution in [-0.2, 0) is 6.42 Å². The number of benzene rings is 1. The molecule has 84 valence electrons. The lowest BCUT2D eigenvalue weighted by molar-refractivity contribution is 0.630. The van der Waals surface area contributed by atoms with Crippen LogP contribution in [0.1, 0.15) is 4.88 Å². The summed E-state index contributed by atoms with van der Waals surface area (Å²) in [6.45, 7) is 0.721. The third-order valence-electron chi connectivity index (χ3n) is 2.20. The van der Waals surface area contributed by atoms with E-state index in [0.29, 0.717) is 10.7 Å². The first-order valence-electron chi connectivity index (χ1n) is 4.97. The molecule has 0 aliphatic carbocycles. The van der Waals surface area contributed by atoms with Crippen LogP contribution in [0.3, 0.4) is 0 Å². The molecule has 0 saturated carbocycles. The van der Waals surface area contributed by atoms with Gasteiger partial charge in [-0.3, -0.25) is 0 Å². The molecule has 0 aliphatic rings. The lowest BCUT2D eigenvalue weighted by atomic mass is 10.3. The number of hydrogen-bond acceptors (Lipinski definition) is 2. The molecule has 0 amide bonds. The van der Waals surface area contributed by atoms with E-state index in [9.17, 15) is 4.39 Å². The standard InChI is InChI=1S/C12H11ClFNS/c13-9-3-4-12(11(14)8-9)15-6-5-10-2-1-7-16-10/h1-4,7-8,15H,5-6H2. The van der Waals surface area contributed by atoms with Gasteiger partial charge in [0.2, 0.25) is 0 Å². The normalized spacial score (nSPS) is 10.4. The molecule has 0 aliphatic heterocycles. The molecule has 4 heteroatoms. The highest BCUT2D eigenvalue weighted by Gasteiger charge is 2.02.